The van der Waals surface area contributed by atoms with Crippen molar-refractivity contribution in [1.82, 2.24) is 10.3 Å². The van der Waals surface area contributed by atoms with E-state index in [-0.39, 0.29) is 0 Å². The van der Waals surface area contributed by atoms with E-state index >= 15 is 0 Å². The molecule has 0 fully saturated rings. The Bertz CT molecular complexity index is 251. The van der Waals surface area contributed by atoms with Gasteiger partial charge in [-0.15, -0.1) is 11.3 Å². The highest BCUT2D eigenvalue weighted by atomic mass is 32.1. The normalized spacial score (nSPS) is 15.1. The number of rotatable bonds is 7. The van der Waals surface area contributed by atoms with E-state index in [4.69, 9.17) is 4.74 Å². The van der Waals surface area contributed by atoms with Gasteiger partial charge in [0.2, 0.25) is 0 Å². The predicted octanol–water partition coefficient (Wildman–Crippen LogP) is 2.09. The first-order chi connectivity index (χ1) is 7.31. The Morgan fingerprint density at radius 1 is 1.60 bits per heavy atom. The van der Waals surface area contributed by atoms with Gasteiger partial charge < -0.3 is 10.1 Å². The molecule has 0 aliphatic heterocycles. The van der Waals surface area contributed by atoms with Crippen LogP contribution in [0.15, 0.2) is 11.7 Å². The van der Waals surface area contributed by atoms with Gasteiger partial charge in [0.25, 0.3) is 0 Å². The summed E-state index contributed by atoms with van der Waals surface area (Å²) in [5.74, 6) is 0. The molecule has 1 heterocycles. The van der Waals surface area contributed by atoms with Gasteiger partial charge in [-0.25, -0.2) is 0 Å². The van der Waals surface area contributed by atoms with Crippen molar-refractivity contribution in [2.45, 2.75) is 38.3 Å². The summed E-state index contributed by atoms with van der Waals surface area (Å²) in [6, 6.07) is 0.385. The van der Waals surface area contributed by atoms with Gasteiger partial charge in [0, 0.05) is 30.6 Å². The molecule has 2 unspecified atom stereocenters. The van der Waals surface area contributed by atoms with Crippen molar-refractivity contribution in [2.24, 2.45) is 0 Å². The Balaban J connectivity index is 2.53. The number of thiazole rings is 1. The highest BCUT2D eigenvalue weighted by molar-refractivity contribution is 7.09. The zero-order valence-electron chi connectivity index (χ0n) is 9.69. The average molecular weight is 228 g/mol. The van der Waals surface area contributed by atoms with E-state index in [1.807, 2.05) is 18.8 Å². The summed E-state index contributed by atoms with van der Waals surface area (Å²) in [5, 5.41) is 3.33. The van der Waals surface area contributed by atoms with Crippen LogP contribution in [0.25, 0.3) is 0 Å². The lowest BCUT2D eigenvalue weighted by atomic mass is 10.0. The van der Waals surface area contributed by atoms with Crippen molar-refractivity contribution in [3.8, 4) is 0 Å². The summed E-state index contributed by atoms with van der Waals surface area (Å²) in [4.78, 5) is 5.40. The van der Waals surface area contributed by atoms with Gasteiger partial charge in [0.15, 0.2) is 0 Å². The molecule has 0 aliphatic rings. The largest absolute Gasteiger partial charge is 0.380 e. The fourth-order valence-electron chi connectivity index (χ4n) is 1.75. The SMILES string of the molecule is CCCC(OC)C(Cc1cncs1)NC. The maximum atomic E-state index is 5.51. The minimum absolute atomic E-state index is 0.294. The van der Waals surface area contributed by atoms with Crippen molar-refractivity contribution in [2.75, 3.05) is 14.2 Å². The average Bonchev–Trinajstić information content (AvgIpc) is 2.75. The van der Waals surface area contributed by atoms with Crippen molar-refractivity contribution in [1.29, 1.82) is 0 Å². The van der Waals surface area contributed by atoms with Gasteiger partial charge in [-0.2, -0.15) is 0 Å². The maximum absolute atomic E-state index is 5.51. The molecule has 2 atom stereocenters. The molecule has 0 aromatic carbocycles. The van der Waals surface area contributed by atoms with Gasteiger partial charge in [-0.05, 0) is 13.5 Å². The van der Waals surface area contributed by atoms with Crippen molar-refractivity contribution in [3.05, 3.63) is 16.6 Å². The molecule has 15 heavy (non-hydrogen) atoms. The van der Waals surface area contributed by atoms with Crippen LogP contribution >= 0.6 is 11.3 Å². The highest BCUT2D eigenvalue weighted by Crippen LogP contribution is 2.14. The lowest BCUT2D eigenvalue weighted by Gasteiger charge is -2.24. The van der Waals surface area contributed by atoms with Crippen LogP contribution in [-0.4, -0.2) is 31.3 Å². The van der Waals surface area contributed by atoms with E-state index in [1.54, 1.807) is 18.4 Å². The second-order valence-corrected chi connectivity index (χ2v) is 4.60. The van der Waals surface area contributed by atoms with Crippen LogP contribution in [-0.2, 0) is 11.2 Å². The molecule has 0 bridgehead atoms. The maximum Gasteiger partial charge on any atom is 0.0794 e. The number of likely N-dealkylation sites (N-methyl/N-ethyl adjacent to an activating group) is 1. The van der Waals surface area contributed by atoms with Crippen molar-refractivity contribution < 1.29 is 4.74 Å². The molecule has 0 amide bonds. The number of hydrogen-bond donors (Lipinski definition) is 1. The fraction of sp³-hybridized carbons (Fsp3) is 0.727. The van der Waals surface area contributed by atoms with E-state index in [0.717, 1.165) is 19.3 Å². The predicted molar refractivity (Wildman–Crippen MR) is 64.4 cm³/mol. The first kappa shape index (κ1) is 12.6. The van der Waals surface area contributed by atoms with Gasteiger partial charge in [0.1, 0.15) is 0 Å². The van der Waals surface area contributed by atoms with Gasteiger partial charge >= 0.3 is 0 Å². The highest BCUT2D eigenvalue weighted by Gasteiger charge is 2.19. The second kappa shape index (κ2) is 6.93. The van der Waals surface area contributed by atoms with Crippen LogP contribution in [0, 0.1) is 0 Å². The smallest absolute Gasteiger partial charge is 0.0794 e. The number of hydrogen-bond acceptors (Lipinski definition) is 4. The summed E-state index contributed by atoms with van der Waals surface area (Å²) in [6.45, 7) is 2.19. The lowest BCUT2D eigenvalue weighted by Crippen LogP contribution is -2.40. The lowest BCUT2D eigenvalue weighted by molar-refractivity contribution is 0.0635. The first-order valence-electron chi connectivity index (χ1n) is 5.39. The Hall–Kier alpha value is -0.450. The van der Waals surface area contributed by atoms with Crippen LogP contribution in [0.3, 0.4) is 0 Å². The quantitative estimate of drug-likeness (QED) is 0.776. The summed E-state index contributed by atoms with van der Waals surface area (Å²) in [5.41, 5.74) is 1.88. The van der Waals surface area contributed by atoms with E-state index in [2.05, 4.69) is 17.2 Å². The molecule has 0 saturated carbocycles. The monoisotopic (exact) mass is 228 g/mol. The Morgan fingerprint density at radius 3 is 2.87 bits per heavy atom. The summed E-state index contributed by atoms with van der Waals surface area (Å²) in [7, 11) is 3.78. The fourth-order valence-corrected chi connectivity index (χ4v) is 2.40. The van der Waals surface area contributed by atoms with Crippen molar-refractivity contribution in [3.63, 3.8) is 0 Å². The van der Waals surface area contributed by atoms with Crippen LogP contribution < -0.4 is 5.32 Å². The standard InChI is InChI=1S/C11H20N2OS/c1-4-5-11(14-3)10(12-2)6-9-7-13-8-15-9/h7-8,10-12H,4-6H2,1-3H3. The molecule has 0 radical (unpaired) electrons. The molecule has 0 saturated heterocycles. The third kappa shape index (κ3) is 3.89. The van der Waals surface area contributed by atoms with Gasteiger partial charge in [-0.1, -0.05) is 13.3 Å². The molecule has 1 aromatic heterocycles. The molecule has 1 rings (SSSR count). The number of aromatic nitrogens is 1. The molecule has 1 aromatic rings. The molecular formula is C11H20N2OS. The topological polar surface area (TPSA) is 34.1 Å². The number of nitrogens with one attached hydrogen (secondary N) is 1. The van der Waals surface area contributed by atoms with Crippen LogP contribution in [0.4, 0.5) is 0 Å². The van der Waals surface area contributed by atoms with Crippen LogP contribution in [0.5, 0.6) is 0 Å². The third-order valence-electron chi connectivity index (χ3n) is 2.60. The Morgan fingerprint density at radius 2 is 2.40 bits per heavy atom. The molecule has 0 aliphatic carbocycles. The van der Waals surface area contributed by atoms with E-state index in [9.17, 15) is 0 Å². The van der Waals surface area contributed by atoms with E-state index in [0.29, 0.717) is 12.1 Å². The minimum atomic E-state index is 0.294. The number of methoxy groups -OCH3 is 1. The molecular weight excluding hydrogens is 208 g/mol. The Labute approximate surface area is 95.9 Å². The number of nitrogens with zero attached hydrogens (tertiary/aromatic N) is 1. The van der Waals surface area contributed by atoms with Crippen molar-refractivity contribution >= 4 is 11.3 Å². The zero-order chi connectivity index (χ0) is 11.1. The molecule has 86 valence electrons. The summed E-state index contributed by atoms with van der Waals surface area (Å²) in [6.07, 6.45) is 5.48. The van der Waals surface area contributed by atoms with Gasteiger partial charge in [0.05, 0.1) is 11.6 Å². The minimum Gasteiger partial charge on any atom is -0.380 e. The third-order valence-corrected chi connectivity index (χ3v) is 3.40. The van der Waals surface area contributed by atoms with Gasteiger partial charge in [-0.3, -0.25) is 4.98 Å². The second-order valence-electron chi connectivity index (χ2n) is 3.63. The molecule has 4 heteroatoms. The Kier molecular flexibility index (Phi) is 5.83. The molecule has 3 nitrogen and oxygen atoms in total. The summed E-state index contributed by atoms with van der Waals surface area (Å²) < 4.78 is 5.51. The number of ether oxygens (including phenoxy) is 1. The van der Waals surface area contributed by atoms with E-state index in [1.165, 1.54) is 4.88 Å². The first-order valence-corrected chi connectivity index (χ1v) is 6.27. The van der Waals surface area contributed by atoms with Crippen LogP contribution in [0.2, 0.25) is 0 Å². The molecule has 0 spiro atoms. The van der Waals surface area contributed by atoms with Crippen LogP contribution in [0.1, 0.15) is 24.6 Å². The van der Waals surface area contributed by atoms with E-state index < -0.39 is 0 Å². The zero-order valence-corrected chi connectivity index (χ0v) is 10.5. The summed E-state index contributed by atoms with van der Waals surface area (Å²) >= 11 is 1.71. The molecule has 1 N–H and O–H groups in total.